The molecule has 1 atom stereocenters. The molecule has 0 unspecified atom stereocenters. The molecule has 0 radical (unpaired) electrons. The molecule has 116 valence electrons. The van der Waals surface area contributed by atoms with Crippen LogP contribution in [0.3, 0.4) is 0 Å². The maximum atomic E-state index is 11.7. The van der Waals surface area contributed by atoms with E-state index in [-0.39, 0.29) is 12.5 Å². The van der Waals surface area contributed by atoms with Gasteiger partial charge in [0.1, 0.15) is 5.75 Å². The first kappa shape index (κ1) is 17.3. The number of methoxy groups -OCH3 is 1. The number of hydrogen-bond donors (Lipinski definition) is 1. The summed E-state index contributed by atoms with van der Waals surface area (Å²) in [6, 6.07) is 6.59. The molecule has 1 N–H and O–H groups in total. The fraction of sp³-hybridized carbons (Fsp3) is 0.429. The first-order valence-electron chi connectivity index (χ1n) is 6.37. The number of ether oxygens (including phenoxy) is 3. The van der Waals surface area contributed by atoms with Gasteiger partial charge in [-0.3, -0.25) is 4.79 Å². The van der Waals surface area contributed by atoms with Crippen molar-refractivity contribution in [2.75, 3.05) is 26.9 Å². The Labute approximate surface area is 128 Å². The lowest BCUT2D eigenvalue weighted by Crippen LogP contribution is -2.34. The summed E-state index contributed by atoms with van der Waals surface area (Å²) in [6.45, 7) is 1.95. The molecule has 6 nitrogen and oxygen atoms in total. The average molecular weight is 316 g/mol. The molecule has 21 heavy (non-hydrogen) atoms. The van der Waals surface area contributed by atoms with Crippen LogP contribution in [0.4, 0.5) is 0 Å². The number of amides is 1. The summed E-state index contributed by atoms with van der Waals surface area (Å²) in [4.78, 5) is 23.0. The van der Waals surface area contributed by atoms with Crippen LogP contribution in [0.5, 0.6) is 5.75 Å². The Hall–Kier alpha value is -1.79. The molecule has 0 aliphatic carbocycles. The second-order valence-corrected chi connectivity index (χ2v) is 4.60. The van der Waals surface area contributed by atoms with E-state index in [1.54, 1.807) is 31.2 Å². The fourth-order valence-electron chi connectivity index (χ4n) is 1.36. The Bertz CT molecular complexity index is 463. The monoisotopic (exact) mass is 315 g/mol. The van der Waals surface area contributed by atoms with Gasteiger partial charge < -0.3 is 19.5 Å². The highest BCUT2D eigenvalue weighted by Gasteiger charge is 2.17. The Morgan fingerprint density at radius 1 is 1.29 bits per heavy atom. The molecule has 1 aromatic carbocycles. The summed E-state index contributed by atoms with van der Waals surface area (Å²) < 4.78 is 15.0. The van der Waals surface area contributed by atoms with Crippen molar-refractivity contribution in [3.8, 4) is 5.75 Å². The number of nitrogens with one attached hydrogen (secondary N) is 1. The summed E-state index contributed by atoms with van der Waals surface area (Å²) >= 11 is 5.75. The van der Waals surface area contributed by atoms with E-state index < -0.39 is 12.1 Å². The van der Waals surface area contributed by atoms with E-state index in [1.165, 1.54) is 7.11 Å². The minimum atomic E-state index is -0.821. The zero-order valence-corrected chi connectivity index (χ0v) is 12.7. The van der Waals surface area contributed by atoms with E-state index in [9.17, 15) is 9.59 Å². The molecule has 0 saturated carbocycles. The zero-order chi connectivity index (χ0) is 15.7. The molecule has 7 heteroatoms. The number of benzene rings is 1. The molecule has 0 fully saturated rings. The molecular weight excluding hydrogens is 298 g/mol. The van der Waals surface area contributed by atoms with E-state index in [4.69, 9.17) is 25.8 Å². The van der Waals surface area contributed by atoms with Gasteiger partial charge in [-0.2, -0.15) is 0 Å². The Morgan fingerprint density at radius 3 is 2.57 bits per heavy atom. The van der Waals surface area contributed by atoms with Crippen LogP contribution >= 0.6 is 11.6 Å². The van der Waals surface area contributed by atoms with Crippen LogP contribution in [0.15, 0.2) is 24.3 Å². The largest absolute Gasteiger partial charge is 0.479 e. The van der Waals surface area contributed by atoms with E-state index in [1.807, 2.05) is 0 Å². The molecular formula is C14H18ClNO5. The van der Waals surface area contributed by atoms with Crippen molar-refractivity contribution in [1.82, 2.24) is 5.32 Å². The third-order valence-corrected chi connectivity index (χ3v) is 2.68. The molecule has 1 aromatic rings. The number of hydrogen-bond acceptors (Lipinski definition) is 5. The number of carbonyl (C=O) groups is 2. The van der Waals surface area contributed by atoms with Crippen molar-refractivity contribution < 1.29 is 23.8 Å². The van der Waals surface area contributed by atoms with Crippen molar-refractivity contribution in [3.63, 3.8) is 0 Å². The van der Waals surface area contributed by atoms with E-state index >= 15 is 0 Å². The Balaban J connectivity index is 2.30. The van der Waals surface area contributed by atoms with Gasteiger partial charge in [-0.05, 0) is 31.2 Å². The van der Waals surface area contributed by atoms with E-state index in [0.29, 0.717) is 23.9 Å². The van der Waals surface area contributed by atoms with Crippen LogP contribution < -0.4 is 10.1 Å². The van der Waals surface area contributed by atoms with Crippen LogP contribution in [0.2, 0.25) is 5.02 Å². The highest BCUT2D eigenvalue weighted by molar-refractivity contribution is 6.30. The normalized spacial score (nSPS) is 11.6. The minimum absolute atomic E-state index is 0.350. The quantitative estimate of drug-likeness (QED) is 0.580. The predicted octanol–water partition coefficient (Wildman–Crippen LogP) is 1.41. The van der Waals surface area contributed by atoms with E-state index in [2.05, 4.69) is 5.32 Å². The maximum Gasteiger partial charge on any atom is 0.347 e. The molecule has 0 bridgehead atoms. The lowest BCUT2D eigenvalue weighted by molar-refractivity contribution is -0.154. The van der Waals surface area contributed by atoms with Crippen molar-refractivity contribution in [2.24, 2.45) is 0 Å². The maximum absolute atomic E-state index is 11.7. The molecule has 0 heterocycles. The minimum Gasteiger partial charge on any atom is -0.479 e. The highest BCUT2D eigenvalue weighted by atomic mass is 35.5. The van der Waals surface area contributed by atoms with Crippen LogP contribution in [-0.4, -0.2) is 44.8 Å². The first-order valence-corrected chi connectivity index (χ1v) is 6.75. The lowest BCUT2D eigenvalue weighted by Gasteiger charge is -2.14. The number of rotatable bonds is 8. The summed E-state index contributed by atoms with van der Waals surface area (Å²) in [6.07, 6.45) is -0.821. The van der Waals surface area contributed by atoms with Gasteiger partial charge in [-0.1, -0.05) is 11.6 Å². The van der Waals surface area contributed by atoms with Crippen molar-refractivity contribution in [1.29, 1.82) is 0 Å². The molecule has 1 amide bonds. The van der Waals surface area contributed by atoms with Crippen molar-refractivity contribution in [2.45, 2.75) is 13.0 Å². The van der Waals surface area contributed by atoms with Gasteiger partial charge >= 0.3 is 5.97 Å². The summed E-state index contributed by atoms with van der Waals surface area (Å²) in [5, 5.41) is 3.11. The fourth-order valence-corrected chi connectivity index (χ4v) is 1.49. The Morgan fingerprint density at radius 2 is 1.95 bits per heavy atom. The molecule has 0 aromatic heterocycles. The Kier molecular flexibility index (Phi) is 7.56. The first-order chi connectivity index (χ1) is 10.0. The van der Waals surface area contributed by atoms with Gasteiger partial charge in [-0.25, -0.2) is 4.79 Å². The smallest absolute Gasteiger partial charge is 0.347 e. The standard InChI is InChI=1S/C14H18ClNO5/c1-10(21-12-5-3-11(15)4-6-12)14(18)20-9-13(17)16-7-8-19-2/h3-6,10H,7-9H2,1-2H3,(H,16,17)/t10-/m0/s1. The predicted molar refractivity (Wildman–Crippen MR) is 77.4 cm³/mol. The third kappa shape index (κ3) is 6.97. The van der Waals surface area contributed by atoms with Crippen LogP contribution in [0.1, 0.15) is 6.92 Å². The summed E-state index contributed by atoms with van der Waals surface area (Å²) in [7, 11) is 1.53. The second-order valence-electron chi connectivity index (χ2n) is 4.16. The van der Waals surface area contributed by atoms with Crippen LogP contribution in [-0.2, 0) is 19.1 Å². The molecule has 1 rings (SSSR count). The van der Waals surface area contributed by atoms with Crippen molar-refractivity contribution >= 4 is 23.5 Å². The van der Waals surface area contributed by atoms with Gasteiger partial charge in [0.15, 0.2) is 12.7 Å². The molecule has 0 aliphatic heterocycles. The second kappa shape index (κ2) is 9.20. The molecule has 0 aliphatic rings. The zero-order valence-electron chi connectivity index (χ0n) is 11.9. The highest BCUT2D eigenvalue weighted by Crippen LogP contribution is 2.16. The van der Waals surface area contributed by atoms with Gasteiger partial charge in [0.2, 0.25) is 0 Å². The topological polar surface area (TPSA) is 73.9 Å². The number of carbonyl (C=O) groups excluding carboxylic acids is 2. The van der Waals surface area contributed by atoms with Gasteiger partial charge in [-0.15, -0.1) is 0 Å². The SMILES string of the molecule is COCCNC(=O)COC(=O)[C@H](C)Oc1ccc(Cl)cc1. The molecule has 0 spiro atoms. The average Bonchev–Trinajstić information content (AvgIpc) is 2.47. The molecule has 0 saturated heterocycles. The third-order valence-electron chi connectivity index (χ3n) is 2.43. The van der Waals surface area contributed by atoms with Crippen LogP contribution in [0.25, 0.3) is 0 Å². The summed E-state index contributed by atoms with van der Waals surface area (Å²) in [5.41, 5.74) is 0. The van der Waals surface area contributed by atoms with Crippen molar-refractivity contribution in [3.05, 3.63) is 29.3 Å². The van der Waals surface area contributed by atoms with E-state index in [0.717, 1.165) is 0 Å². The number of esters is 1. The van der Waals surface area contributed by atoms with Gasteiger partial charge in [0.05, 0.1) is 6.61 Å². The van der Waals surface area contributed by atoms with Gasteiger partial charge in [0, 0.05) is 18.7 Å². The van der Waals surface area contributed by atoms with Gasteiger partial charge in [0.25, 0.3) is 5.91 Å². The lowest BCUT2D eigenvalue weighted by atomic mass is 10.3. The van der Waals surface area contributed by atoms with Crippen LogP contribution in [0, 0.1) is 0 Å². The number of halogens is 1. The summed E-state index contributed by atoms with van der Waals surface area (Å²) in [5.74, 6) is -0.515.